The third kappa shape index (κ3) is 2.71. The van der Waals surface area contributed by atoms with Gasteiger partial charge < -0.3 is 5.73 Å². The quantitative estimate of drug-likeness (QED) is 0.653. The predicted molar refractivity (Wildman–Crippen MR) is 86.2 cm³/mol. The summed E-state index contributed by atoms with van der Waals surface area (Å²) in [5, 5.41) is 3.53. The average molecular weight is 323 g/mol. The van der Waals surface area contributed by atoms with Gasteiger partial charge in [-0.2, -0.15) is 5.01 Å². The number of rotatable bonds is 4. The summed E-state index contributed by atoms with van der Waals surface area (Å²) in [5.74, 6) is 5.78. The Labute approximate surface area is 134 Å². The molecule has 2 atom stereocenters. The minimum absolute atomic E-state index is 0.353. The molecular formula is C14H21N5O2S. The van der Waals surface area contributed by atoms with E-state index in [2.05, 4.69) is 6.92 Å². The van der Waals surface area contributed by atoms with E-state index in [1.165, 1.54) is 27.3 Å². The molecular weight excluding hydrogens is 302 g/mol. The zero-order valence-electron chi connectivity index (χ0n) is 12.9. The number of carbonyl (C=O) groups is 2. The molecule has 2 unspecified atom stereocenters. The number of amides is 4. The van der Waals surface area contributed by atoms with Crippen LogP contribution in [0.4, 0.5) is 9.59 Å². The lowest BCUT2D eigenvalue weighted by Crippen LogP contribution is -2.49. The molecule has 22 heavy (non-hydrogen) atoms. The number of hydrogen-bond donors (Lipinski definition) is 2. The third-order valence-electron chi connectivity index (χ3n) is 3.77. The number of nitrogens with zero attached hydrogens (tertiary/aromatic N) is 3. The average Bonchev–Trinajstić information content (AvgIpc) is 2.78. The van der Waals surface area contributed by atoms with Crippen molar-refractivity contribution < 1.29 is 9.59 Å². The monoisotopic (exact) mass is 323 g/mol. The van der Waals surface area contributed by atoms with Crippen LogP contribution >= 0.6 is 11.8 Å². The highest BCUT2D eigenvalue weighted by atomic mass is 32.2. The second kappa shape index (κ2) is 6.45. The summed E-state index contributed by atoms with van der Waals surface area (Å²) in [6, 6.07) is 6.39. The first kappa shape index (κ1) is 16.4. The molecule has 4 N–H and O–H groups in total. The van der Waals surface area contributed by atoms with Crippen molar-refractivity contribution in [3.05, 3.63) is 35.4 Å². The van der Waals surface area contributed by atoms with Crippen molar-refractivity contribution in [1.82, 2.24) is 15.0 Å². The van der Waals surface area contributed by atoms with Gasteiger partial charge in [0, 0.05) is 0 Å². The molecule has 1 saturated heterocycles. The van der Waals surface area contributed by atoms with Crippen LogP contribution in [0.5, 0.6) is 0 Å². The highest BCUT2D eigenvalue weighted by Crippen LogP contribution is 2.33. The fourth-order valence-corrected chi connectivity index (χ4v) is 3.21. The molecule has 4 amide bonds. The Morgan fingerprint density at radius 3 is 2.41 bits per heavy atom. The molecule has 1 heterocycles. The molecule has 1 aliphatic heterocycles. The summed E-state index contributed by atoms with van der Waals surface area (Å²) in [6.07, 6.45) is 2.70. The number of urea groups is 2. The molecule has 1 aromatic carbocycles. The van der Waals surface area contributed by atoms with Gasteiger partial charge in [0.1, 0.15) is 0 Å². The van der Waals surface area contributed by atoms with Crippen molar-refractivity contribution in [2.75, 3.05) is 6.26 Å². The van der Waals surface area contributed by atoms with Gasteiger partial charge in [-0.3, -0.25) is 0 Å². The van der Waals surface area contributed by atoms with Crippen LogP contribution in [0, 0.1) is 0 Å². The van der Waals surface area contributed by atoms with Crippen molar-refractivity contribution in [2.45, 2.75) is 31.8 Å². The molecule has 2 rings (SSSR count). The van der Waals surface area contributed by atoms with Gasteiger partial charge in [0.05, 0.1) is 6.04 Å². The smallest absolute Gasteiger partial charge is 0.350 e. The Morgan fingerprint density at radius 1 is 1.36 bits per heavy atom. The van der Waals surface area contributed by atoms with Crippen LogP contribution in [0.2, 0.25) is 0 Å². The van der Waals surface area contributed by atoms with Crippen molar-refractivity contribution in [1.29, 1.82) is 0 Å². The van der Waals surface area contributed by atoms with Crippen LogP contribution in [-0.4, -0.2) is 38.8 Å². The summed E-state index contributed by atoms with van der Waals surface area (Å²) in [7, 11) is 0. The molecule has 1 fully saturated rings. The Bertz CT molecular complexity index is 565. The van der Waals surface area contributed by atoms with Crippen LogP contribution in [0.3, 0.4) is 0 Å². The van der Waals surface area contributed by atoms with E-state index >= 15 is 0 Å². The van der Waals surface area contributed by atoms with Crippen molar-refractivity contribution >= 4 is 23.8 Å². The van der Waals surface area contributed by atoms with E-state index in [0.29, 0.717) is 0 Å². The van der Waals surface area contributed by atoms with E-state index in [0.717, 1.165) is 17.0 Å². The van der Waals surface area contributed by atoms with Gasteiger partial charge in [0.15, 0.2) is 5.50 Å². The molecule has 8 heteroatoms. The van der Waals surface area contributed by atoms with Gasteiger partial charge in [0.25, 0.3) is 0 Å². The van der Waals surface area contributed by atoms with E-state index in [1.54, 1.807) is 6.26 Å². The zero-order valence-corrected chi connectivity index (χ0v) is 13.7. The largest absolute Gasteiger partial charge is 0.356 e. The van der Waals surface area contributed by atoms with Crippen LogP contribution in [-0.2, 0) is 6.42 Å². The van der Waals surface area contributed by atoms with Gasteiger partial charge in [0.2, 0.25) is 0 Å². The molecule has 0 bridgehead atoms. The molecule has 0 aromatic heterocycles. The Hall–Kier alpha value is -1.93. The minimum Gasteiger partial charge on any atom is -0.350 e. The summed E-state index contributed by atoms with van der Waals surface area (Å²) in [6.45, 7) is 3.91. The van der Waals surface area contributed by atoms with Crippen LogP contribution < -0.4 is 11.6 Å². The number of hydrogen-bond acceptors (Lipinski definition) is 4. The first-order chi connectivity index (χ1) is 10.4. The lowest BCUT2D eigenvalue weighted by Gasteiger charge is -2.32. The maximum Gasteiger partial charge on any atom is 0.356 e. The lowest BCUT2D eigenvalue weighted by atomic mass is 10.0. The normalized spacial score (nSPS) is 19.7. The Kier molecular flexibility index (Phi) is 4.82. The van der Waals surface area contributed by atoms with E-state index < -0.39 is 17.6 Å². The number of primary amides is 1. The number of carbonyl (C=O) groups excluding carboxylic acids is 2. The minimum atomic E-state index is -0.710. The van der Waals surface area contributed by atoms with Crippen molar-refractivity contribution in [3.63, 3.8) is 0 Å². The van der Waals surface area contributed by atoms with Gasteiger partial charge in [-0.25, -0.2) is 25.4 Å². The summed E-state index contributed by atoms with van der Waals surface area (Å²) < 4.78 is 0. The maximum absolute atomic E-state index is 12.4. The number of aryl methyl sites for hydroxylation is 1. The molecule has 1 aromatic rings. The molecule has 120 valence electrons. The first-order valence-electron chi connectivity index (χ1n) is 6.99. The van der Waals surface area contributed by atoms with E-state index in [1.807, 2.05) is 31.2 Å². The maximum atomic E-state index is 12.4. The molecule has 0 spiro atoms. The Balaban J connectivity index is 2.34. The highest BCUT2D eigenvalue weighted by molar-refractivity contribution is 7.99. The second-order valence-electron chi connectivity index (χ2n) is 5.05. The zero-order chi connectivity index (χ0) is 16.4. The van der Waals surface area contributed by atoms with Crippen LogP contribution in [0.15, 0.2) is 24.3 Å². The van der Waals surface area contributed by atoms with Crippen molar-refractivity contribution in [2.24, 2.45) is 11.6 Å². The molecule has 0 saturated carbocycles. The van der Waals surface area contributed by atoms with Gasteiger partial charge in [-0.15, -0.1) is 11.8 Å². The van der Waals surface area contributed by atoms with E-state index in [-0.39, 0.29) is 6.04 Å². The second-order valence-corrected chi connectivity index (χ2v) is 5.94. The predicted octanol–water partition coefficient (Wildman–Crippen LogP) is 1.86. The number of nitrogens with two attached hydrogens (primary N) is 2. The standard InChI is InChI=1S/C14H21N5O2S/c1-4-10-5-7-11(8-6-10)9(2)18-13(21)17(16)14(22-3)19(18)12(15)20/h5-9,14H,4,16H2,1-3H3,(H2,15,20). The van der Waals surface area contributed by atoms with Crippen LogP contribution in [0.25, 0.3) is 0 Å². The SMILES string of the molecule is CCc1ccc(C(C)N2C(=O)N(N)C(SC)N2C(N)=O)cc1. The number of thioether (sulfide) groups is 1. The molecule has 0 radical (unpaired) electrons. The van der Waals surface area contributed by atoms with Gasteiger partial charge >= 0.3 is 12.1 Å². The van der Waals surface area contributed by atoms with Gasteiger partial charge in [-0.1, -0.05) is 31.2 Å². The highest BCUT2D eigenvalue weighted by Gasteiger charge is 2.47. The molecule has 0 aliphatic carbocycles. The Morgan fingerprint density at radius 2 is 1.95 bits per heavy atom. The topological polar surface area (TPSA) is 95.9 Å². The molecule has 1 aliphatic rings. The number of hydrazine groups is 2. The molecule has 7 nitrogen and oxygen atoms in total. The van der Waals surface area contributed by atoms with Gasteiger partial charge in [-0.05, 0) is 30.7 Å². The number of benzene rings is 1. The van der Waals surface area contributed by atoms with E-state index in [4.69, 9.17) is 11.6 Å². The van der Waals surface area contributed by atoms with Crippen LogP contribution in [0.1, 0.15) is 31.0 Å². The third-order valence-corrected chi connectivity index (χ3v) is 4.62. The van der Waals surface area contributed by atoms with E-state index in [9.17, 15) is 9.59 Å². The summed E-state index contributed by atoms with van der Waals surface area (Å²) in [5.41, 5.74) is 6.92. The fraction of sp³-hybridized carbons (Fsp3) is 0.429. The fourth-order valence-electron chi connectivity index (χ4n) is 2.48. The first-order valence-corrected chi connectivity index (χ1v) is 8.28. The summed E-state index contributed by atoms with van der Waals surface area (Å²) in [4.78, 5) is 24.2. The lowest BCUT2D eigenvalue weighted by molar-refractivity contribution is 0.0488. The summed E-state index contributed by atoms with van der Waals surface area (Å²) >= 11 is 1.27. The van der Waals surface area contributed by atoms with Crippen molar-refractivity contribution in [3.8, 4) is 0 Å².